The molecule has 1 heterocycles. The standard InChI is InChI=1S/C14H16N2O/c17-10-14(7-4-8-14)13-9-12(15-16-13)11-5-2-1-3-6-11/h1-3,5-6,9,17H,4,7-8,10H2,(H,15,16). The smallest absolute Gasteiger partial charge is 0.0923 e. The number of hydrogen-bond acceptors (Lipinski definition) is 2. The molecular weight excluding hydrogens is 212 g/mol. The van der Waals surface area contributed by atoms with Gasteiger partial charge >= 0.3 is 0 Å². The van der Waals surface area contributed by atoms with Crippen molar-refractivity contribution in [1.82, 2.24) is 10.2 Å². The molecule has 1 aliphatic carbocycles. The summed E-state index contributed by atoms with van der Waals surface area (Å²) in [4.78, 5) is 0. The van der Waals surface area contributed by atoms with Crippen molar-refractivity contribution < 1.29 is 5.11 Å². The van der Waals surface area contributed by atoms with Crippen molar-refractivity contribution in [2.45, 2.75) is 24.7 Å². The second-order valence-electron chi connectivity index (χ2n) is 4.82. The van der Waals surface area contributed by atoms with Crippen molar-refractivity contribution in [3.05, 3.63) is 42.1 Å². The Labute approximate surface area is 100 Å². The molecule has 3 rings (SSSR count). The lowest BCUT2D eigenvalue weighted by molar-refractivity contribution is 0.116. The molecule has 2 aromatic rings. The van der Waals surface area contributed by atoms with Crippen LogP contribution in [0.2, 0.25) is 0 Å². The molecule has 1 fully saturated rings. The first kappa shape index (κ1) is 10.5. The number of rotatable bonds is 3. The Hall–Kier alpha value is -1.61. The van der Waals surface area contributed by atoms with Crippen LogP contribution >= 0.6 is 0 Å². The van der Waals surface area contributed by atoms with Gasteiger partial charge in [-0.15, -0.1) is 0 Å². The topological polar surface area (TPSA) is 48.9 Å². The number of H-pyrrole nitrogens is 1. The molecule has 0 saturated heterocycles. The number of aromatic nitrogens is 2. The number of nitrogens with one attached hydrogen (secondary N) is 1. The highest BCUT2D eigenvalue weighted by Crippen LogP contribution is 2.43. The van der Waals surface area contributed by atoms with Crippen molar-refractivity contribution in [3.63, 3.8) is 0 Å². The summed E-state index contributed by atoms with van der Waals surface area (Å²) in [6.45, 7) is 0.212. The molecule has 0 radical (unpaired) electrons. The Morgan fingerprint density at radius 2 is 2.00 bits per heavy atom. The maximum atomic E-state index is 9.52. The highest BCUT2D eigenvalue weighted by atomic mass is 16.3. The van der Waals surface area contributed by atoms with Gasteiger partial charge in [0.15, 0.2) is 0 Å². The van der Waals surface area contributed by atoms with Crippen LogP contribution in [-0.2, 0) is 5.41 Å². The van der Waals surface area contributed by atoms with Gasteiger partial charge < -0.3 is 5.11 Å². The summed E-state index contributed by atoms with van der Waals surface area (Å²) in [7, 11) is 0. The van der Waals surface area contributed by atoms with Gasteiger partial charge in [0.05, 0.1) is 12.3 Å². The van der Waals surface area contributed by atoms with Gasteiger partial charge in [0.1, 0.15) is 0 Å². The Balaban J connectivity index is 1.93. The quantitative estimate of drug-likeness (QED) is 0.848. The largest absolute Gasteiger partial charge is 0.395 e. The molecule has 1 aromatic heterocycles. The maximum absolute atomic E-state index is 9.52. The third-order valence-electron chi connectivity index (χ3n) is 3.83. The van der Waals surface area contributed by atoms with E-state index in [1.54, 1.807) is 0 Å². The van der Waals surface area contributed by atoms with Crippen LogP contribution in [-0.4, -0.2) is 21.9 Å². The van der Waals surface area contributed by atoms with E-state index in [4.69, 9.17) is 0 Å². The van der Waals surface area contributed by atoms with Crippen LogP contribution in [0.5, 0.6) is 0 Å². The molecule has 3 heteroatoms. The van der Waals surface area contributed by atoms with Gasteiger partial charge in [0.2, 0.25) is 0 Å². The Morgan fingerprint density at radius 3 is 2.59 bits per heavy atom. The first-order valence-electron chi connectivity index (χ1n) is 6.06. The van der Waals surface area contributed by atoms with E-state index in [0.717, 1.165) is 29.8 Å². The lowest BCUT2D eigenvalue weighted by Gasteiger charge is -2.39. The molecule has 0 aliphatic heterocycles. The van der Waals surface area contributed by atoms with E-state index in [9.17, 15) is 5.11 Å². The molecule has 1 aromatic carbocycles. The van der Waals surface area contributed by atoms with E-state index in [-0.39, 0.29) is 12.0 Å². The average Bonchev–Trinajstić information content (AvgIpc) is 2.80. The predicted octanol–water partition coefficient (Wildman–Crippen LogP) is 2.49. The van der Waals surface area contributed by atoms with E-state index < -0.39 is 0 Å². The third kappa shape index (κ3) is 1.67. The number of hydrogen-bond donors (Lipinski definition) is 2. The Kier molecular flexibility index (Phi) is 2.48. The normalized spacial score (nSPS) is 17.7. The van der Waals surface area contributed by atoms with Crippen molar-refractivity contribution in [1.29, 1.82) is 0 Å². The monoisotopic (exact) mass is 228 g/mol. The van der Waals surface area contributed by atoms with E-state index in [2.05, 4.69) is 16.3 Å². The molecule has 0 spiro atoms. The van der Waals surface area contributed by atoms with Crippen LogP contribution in [0.15, 0.2) is 36.4 Å². The molecule has 0 atom stereocenters. The fourth-order valence-electron chi connectivity index (χ4n) is 2.47. The summed E-state index contributed by atoms with van der Waals surface area (Å²) in [6.07, 6.45) is 3.31. The third-order valence-corrected chi connectivity index (χ3v) is 3.83. The minimum atomic E-state index is -0.0555. The summed E-state index contributed by atoms with van der Waals surface area (Å²) in [5, 5.41) is 17.0. The Bertz CT molecular complexity index is 494. The average molecular weight is 228 g/mol. The van der Waals surface area contributed by atoms with Crippen molar-refractivity contribution >= 4 is 0 Å². The molecule has 0 unspecified atom stereocenters. The lowest BCUT2D eigenvalue weighted by atomic mass is 9.67. The summed E-state index contributed by atoms with van der Waals surface area (Å²) in [5.74, 6) is 0. The zero-order valence-electron chi connectivity index (χ0n) is 9.69. The van der Waals surface area contributed by atoms with E-state index in [1.165, 1.54) is 6.42 Å². The van der Waals surface area contributed by atoms with Crippen LogP contribution < -0.4 is 0 Å². The first-order valence-corrected chi connectivity index (χ1v) is 6.06. The second kappa shape index (κ2) is 4.00. The fourth-order valence-corrected chi connectivity index (χ4v) is 2.47. The van der Waals surface area contributed by atoms with Crippen molar-refractivity contribution in [2.75, 3.05) is 6.61 Å². The van der Waals surface area contributed by atoms with E-state index in [1.807, 2.05) is 30.3 Å². The highest BCUT2D eigenvalue weighted by Gasteiger charge is 2.39. The maximum Gasteiger partial charge on any atom is 0.0923 e. The van der Waals surface area contributed by atoms with Crippen LogP contribution in [0.4, 0.5) is 0 Å². The van der Waals surface area contributed by atoms with E-state index in [0.29, 0.717) is 0 Å². The fraction of sp³-hybridized carbons (Fsp3) is 0.357. The molecule has 0 bridgehead atoms. The van der Waals surface area contributed by atoms with Crippen LogP contribution in [0.1, 0.15) is 25.0 Å². The van der Waals surface area contributed by atoms with Gasteiger partial charge in [0.25, 0.3) is 0 Å². The van der Waals surface area contributed by atoms with Gasteiger partial charge in [0, 0.05) is 16.7 Å². The number of benzene rings is 1. The minimum Gasteiger partial charge on any atom is -0.395 e. The van der Waals surface area contributed by atoms with Gasteiger partial charge in [-0.2, -0.15) is 5.10 Å². The number of aliphatic hydroxyl groups is 1. The number of nitrogens with zero attached hydrogens (tertiary/aromatic N) is 1. The molecule has 88 valence electrons. The number of aromatic amines is 1. The summed E-state index contributed by atoms with van der Waals surface area (Å²) >= 11 is 0. The van der Waals surface area contributed by atoms with Crippen molar-refractivity contribution in [2.24, 2.45) is 0 Å². The minimum absolute atomic E-state index is 0.0555. The van der Waals surface area contributed by atoms with Gasteiger partial charge in [-0.25, -0.2) is 0 Å². The summed E-state index contributed by atoms with van der Waals surface area (Å²) in [5.41, 5.74) is 3.09. The molecule has 1 aliphatic rings. The lowest BCUT2D eigenvalue weighted by Crippen LogP contribution is -2.38. The van der Waals surface area contributed by atoms with Crippen LogP contribution in [0.3, 0.4) is 0 Å². The molecule has 3 nitrogen and oxygen atoms in total. The van der Waals surface area contributed by atoms with Gasteiger partial charge in [-0.05, 0) is 18.9 Å². The molecule has 2 N–H and O–H groups in total. The molecule has 17 heavy (non-hydrogen) atoms. The van der Waals surface area contributed by atoms with Crippen LogP contribution in [0, 0.1) is 0 Å². The highest BCUT2D eigenvalue weighted by molar-refractivity contribution is 5.59. The second-order valence-corrected chi connectivity index (χ2v) is 4.82. The first-order chi connectivity index (χ1) is 8.34. The molecule has 1 saturated carbocycles. The Morgan fingerprint density at radius 1 is 1.24 bits per heavy atom. The van der Waals surface area contributed by atoms with E-state index >= 15 is 0 Å². The van der Waals surface area contributed by atoms with Gasteiger partial charge in [-0.1, -0.05) is 36.8 Å². The molecule has 0 amide bonds. The van der Waals surface area contributed by atoms with Gasteiger partial charge in [-0.3, -0.25) is 5.10 Å². The van der Waals surface area contributed by atoms with Crippen LogP contribution in [0.25, 0.3) is 11.3 Å². The SMILES string of the molecule is OCC1(c2cc(-c3ccccc3)n[nH]2)CCC1. The number of aliphatic hydroxyl groups excluding tert-OH is 1. The zero-order chi connectivity index (χ0) is 11.7. The van der Waals surface area contributed by atoms with Crippen molar-refractivity contribution in [3.8, 4) is 11.3 Å². The zero-order valence-corrected chi connectivity index (χ0v) is 9.69. The summed E-state index contributed by atoms with van der Waals surface area (Å²) < 4.78 is 0. The molecular formula is C14H16N2O. The predicted molar refractivity (Wildman–Crippen MR) is 66.6 cm³/mol. The summed E-state index contributed by atoms with van der Waals surface area (Å²) in [6, 6.07) is 12.2.